The van der Waals surface area contributed by atoms with Gasteiger partial charge in [0.2, 0.25) is 0 Å². The van der Waals surface area contributed by atoms with E-state index in [9.17, 15) is 4.79 Å². The highest BCUT2D eigenvalue weighted by atomic mass is 16.2. The highest BCUT2D eigenvalue weighted by molar-refractivity contribution is 6.16. The highest BCUT2D eigenvalue weighted by Gasteiger charge is 2.50. The van der Waals surface area contributed by atoms with E-state index in [1.54, 1.807) is 4.90 Å². The van der Waals surface area contributed by atoms with Gasteiger partial charge in [0.05, 0.1) is 0 Å². The van der Waals surface area contributed by atoms with Gasteiger partial charge in [-0.1, -0.05) is 60.7 Å². The van der Waals surface area contributed by atoms with E-state index in [0.717, 1.165) is 16.7 Å². The monoisotopic (exact) mass is 300 g/mol. The van der Waals surface area contributed by atoms with E-state index < -0.39 is 5.54 Å². The van der Waals surface area contributed by atoms with Crippen LogP contribution in [0.5, 0.6) is 0 Å². The first-order chi connectivity index (χ1) is 11.2. The van der Waals surface area contributed by atoms with Gasteiger partial charge in [-0.05, 0) is 35.8 Å². The van der Waals surface area contributed by atoms with Gasteiger partial charge in [0, 0.05) is 6.20 Å². The molecule has 0 atom stereocenters. The van der Waals surface area contributed by atoms with Crippen molar-refractivity contribution in [2.75, 3.05) is 0 Å². The minimum absolute atomic E-state index is 0.0371. The lowest BCUT2D eigenvalue weighted by molar-refractivity contribution is -0.128. The Labute approximate surface area is 135 Å². The highest BCUT2D eigenvalue weighted by Crippen LogP contribution is 2.41. The van der Waals surface area contributed by atoms with E-state index in [1.807, 2.05) is 85.9 Å². The SMILES string of the molecule is CC1=CC2=NC(c3ccccc3)(c3ccccc3)C(=O)N2C=C1. The van der Waals surface area contributed by atoms with Gasteiger partial charge in [-0.25, -0.2) is 4.99 Å². The number of carbonyl (C=O) groups is 1. The molecule has 23 heavy (non-hydrogen) atoms. The second-order valence-electron chi connectivity index (χ2n) is 5.79. The number of amidine groups is 1. The number of hydrogen-bond donors (Lipinski definition) is 0. The lowest BCUT2D eigenvalue weighted by Crippen LogP contribution is -2.39. The summed E-state index contributed by atoms with van der Waals surface area (Å²) in [5, 5.41) is 0. The summed E-state index contributed by atoms with van der Waals surface area (Å²) in [6.45, 7) is 2.01. The van der Waals surface area contributed by atoms with Crippen LogP contribution in [0.2, 0.25) is 0 Å². The molecule has 0 saturated carbocycles. The Kier molecular flexibility index (Phi) is 3.01. The maximum absolute atomic E-state index is 13.3. The second kappa shape index (κ2) is 5.06. The van der Waals surface area contributed by atoms with Crippen LogP contribution in [0, 0.1) is 0 Å². The summed E-state index contributed by atoms with van der Waals surface area (Å²) in [6.07, 6.45) is 5.69. The molecule has 2 aliphatic rings. The Morgan fingerprint density at radius 3 is 2.04 bits per heavy atom. The molecular weight excluding hydrogens is 284 g/mol. The number of carbonyl (C=O) groups excluding carboxylic acids is 1. The van der Waals surface area contributed by atoms with Gasteiger partial charge < -0.3 is 0 Å². The summed E-state index contributed by atoms with van der Waals surface area (Å²) in [7, 11) is 0. The van der Waals surface area contributed by atoms with Crippen LogP contribution in [0.4, 0.5) is 0 Å². The van der Waals surface area contributed by atoms with Crippen LogP contribution in [-0.2, 0) is 10.3 Å². The van der Waals surface area contributed by atoms with Crippen LogP contribution < -0.4 is 0 Å². The third-order valence-electron chi connectivity index (χ3n) is 4.28. The summed E-state index contributed by atoms with van der Waals surface area (Å²) in [4.78, 5) is 19.8. The average Bonchev–Trinajstić information content (AvgIpc) is 2.89. The zero-order chi connectivity index (χ0) is 15.9. The molecule has 0 radical (unpaired) electrons. The smallest absolute Gasteiger partial charge is 0.269 e. The molecule has 3 nitrogen and oxygen atoms in total. The number of fused-ring (bicyclic) bond motifs is 1. The molecule has 2 aromatic carbocycles. The Morgan fingerprint density at radius 1 is 0.913 bits per heavy atom. The second-order valence-corrected chi connectivity index (χ2v) is 5.79. The largest absolute Gasteiger partial charge is 0.270 e. The van der Waals surface area contributed by atoms with Crippen molar-refractivity contribution in [3.63, 3.8) is 0 Å². The van der Waals surface area contributed by atoms with Crippen molar-refractivity contribution in [1.82, 2.24) is 4.90 Å². The molecular formula is C20H16N2O. The maximum atomic E-state index is 13.3. The van der Waals surface area contributed by atoms with Gasteiger partial charge in [0.15, 0.2) is 5.54 Å². The number of hydrogen-bond acceptors (Lipinski definition) is 2. The number of aliphatic imine (C=N–C) groups is 1. The lowest BCUT2D eigenvalue weighted by atomic mass is 9.83. The quantitative estimate of drug-likeness (QED) is 0.833. The number of nitrogens with zero attached hydrogens (tertiary/aromatic N) is 2. The zero-order valence-electron chi connectivity index (χ0n) is 12.8. The van der Waals surface area contributed by atoms with Crippen LogP contribution in [0.15, 0.2) is 89.6 Å². The average molecular weight is 300 g/mol. The molecule has 3 heteroatoms. The van der Waals surface area contributed by atoms with Gasteiger partial charge in [-0.15, -0.1) is 0 Å². The van der Waals surface area contributed by atoms with Gasteiger partial charge >= 0.3 is 0 Å². The fourth-order valence-electron chi connectivity index (χ4n) is 3.14. The fourth-order valence-corrected chi connectivity index (χ4v) is 3.14. The maximum Gasteiger partial charge on any atom is 0.269 e. The first kappa shape index (κ1) is 13.7. The Morgan fingerprint density at radius 2 is 1.48 bits per heavy atom. The summed E-state index contributed by atoms with van der Waals surface area (Å²) in [6, 6.07) is 19.5. The predicted octanol–water partition coefficient (Wildman–Crippen LogP) is 3.64. The molecule has 0 bridgehead atoms. The summed E-state index contributed by atoms with van der Waals surface area (Å²) < 4.78 is 0. The molecule has 4 rings (SSSR count). The minimum atomic E-state index is -1.01. The van der Waals surface area contributed by atoms with E-state index in [4.69, 9.17) is 4.99 Å². The van der Waals surface area contributed by atoms with Crippen molar-refractivity contribution in [2.45, 2.75) is 12.5 Å². The summed E-state index contributed by atoms with van der Waals surface area (Å²) in [5.41, 5.74) is 1.85. The molecule has 0 N–H and O–H groups in total. The van der Waals surface area contributed by atoms with Crippen molar-refractivity contribution in [3.8, 4) is 0 Å². The molecule has 0 spiro atoms. The minimum Gasteiger partial charge on any atom is -0.270 e. The Balaban J connectivity index is 1.99. The van der Waals surface area contributed by atoms with Crippen LogP contribution in [-0.4, -0.2) is 16.6 Å². The first-order valence-corrected chi connectivity index (χ1v) is 7.63. The van der Waals surface area contributed by atoms with Crippen molar-refractivity contribution in [2.24, 2.45) is 4.99 Å². The zero-order valence-corrected chi connectivity index (χ0v) is 12.8. The molecule has 0 saturated heterocycles. The van der Waals surface area contributed by atoms with Gasteiger partial charge in [-0.2, -0.15) is 0 Å². The lowest BCUT2D eigenvalue weighted by Gasteiger charge is -2.26. The van der Waals surface area contributed by atoms with Crippen LogP contribution >= 0.6 is 0 Å². The summed E-state index contributed by atoms with van der Waals surface area (Å²) >= 11 is 0. The number of benzene rings is 2. The van der Waals surface area contributed by atoms with Gasteiger partial charge in [0.1, 0.15) is 5.84 Å². The topological polar surface area (TPSA) is 32.7 Å². The molecule has 2 aromatic rings. The first-order valence-electron chi connectivity index (χ1n) is 7.63. The third kappa shape index (κ3) is 1.97. The molecule has 0 unspecified atom stereocenters. The summed E-state index contributed by atoms with van der Waals surface area (Å²) in [5.74, 6) is 0.660. The van der Waals surface area contributed by atoms with Crippen molar-refractivity contribution in [1.29, 1.82) is 0 Å². The molecule has 0 aromatic heterocycles. The van der Waals surface area contributed by atoms with Gasteiger partial charge in [-0.3, -0.25) is 9.69 Å². The van der Waals surface area contributed by atoms with E-state index in [2.05, 4.69) is 0 Å². The van der Waals surface area contributed by atoms with E-state index >= 15 is 0 Å². The molecule has 112 valence electrons. The number of amides is 1. The molecule has 0 aliphatic carbocycles. The molecule has 1 amide bonds. The fraction of sp³-hybridized carbons (Fsp3) is 0.100. The van der Waals surface area contributed by atoms with Crippen LogP contribution in [0.3, 0.4) is 0 Å². The number of allylic oxidation sites excluding steroid dienone is 2. The number of rotatable bonds is 2. The molecule has 2 heterocycles. The van der Waals surface area contributed by atoms with Gasteiger partial charge in [0.25, 0.3) is 5.91 Å². The van der Waals surface area contributed by atoms with Crippen molar-refractivity contribution >= 4 is 11.7 Å². The molecule has 2 aliphatic heterocycles. The Bertz CT molecular complexity index is 808. The third-order valence-corrected chi connectivity index (χ3v) is 4.28. The standard InChI is InChI=1S/C20H16N2O/c1-15-12-13-22-18(14-15)21-20(19(22)23,16-8-4-2-5-9-16)17-10-6-3-7-11-17/h2-14H,1H3. The van der Waals surface area contributed by atoms with E-state index in [-0.39, 0.29) is 5.91 Å². The van der Waals surface area contributed by atoms with Crippen molar-refractivity contribution < 1.29 is 4.79 Å². The van der Waals surface area contributed by atoms with Crippen LogP contribution in [0.1, 0.15) is 18.1 Å². The van der Waals surface area contributed by atoms with E-state index in [1.165, 1.54) is 0 Å². The Hall–Kier alpha value is -2.94. The van der Waals surface area contributed by atoms with Crippen molar-refractivity contribution in [3.05, 3.63) is 95.7 Å². The van der Waals surface area contributed by atoms with Crippen LogP contribution in [0.25, 0.3) is 0 Å². The van der Waals surface area contributed by atoms with E-state index in [0.29, 0.717) is 5.84 Å². The molecule has 0 fully saturated rings. The normalized spacial score (nSPS) is 18.5. The predicted molar refractivity (Wildman–Crippen MR) is 90.8 cm³/mol.